The first-order chi connectivity index (χ1) is 18.7. The van der Waals surface area contributed by atoms with Crippen LogP contribution in [0.1, 0.15) is 78.5 Å². The molecule has 0 aliphatic rings. The van der Waals surface area contributed by atoms with Gasteiger partial charge in [0.15, 0.2) is 8.32 Å². The monoisotopic (exact) mass is 596 g/mol. The highest BCUT2D eigenvalue weighted by Gasteiger charge is 2.38. The molecule has 0 aliphatic heterocycles. The van der Waals surface area contributed by atoms with Gasteiger partial charge in [0.2, 0.25) is 0 Å². The van der Waals surface area contributed by atoms with Crippen LogP contribution in [0.4, 0.5) is 9.59 Å². The van der Waals surface area contributed by atoms with Crippen molar-refractivity contribution in [2.45, 2.75) is 105 Å². The third-order valence-corrected chi connectivity index (χ3v) is 11.7. The molecule has 0 unspecified atom stereocenters. The van der Waals surface area contributed by atoms with Crippen molar-refractivity contribution in [2.75, 3.05) is 46.1 Å². The largest absolute Gasteiger partial charge is 0.444 e. The summed E-state index contributed by atoms with van der Waals surface area (Å²) in [7, 11) is -1.85. The topological polar surface area (TPSA) is 104 Å². The van der Waals surface area contributed by atoms with E-state index in [-0.39, 0.29) is 10.5 Å². The van der Waals surface area contributed by atoms with Crippen LogP contribution in [0.2, 0.25) is 18.1 Å². The van der Waals surface area contributed by atoms with Crippen molar-refractivity contribution in [3.8, 4) is 5.75 Å². The first-order valence-corrected chi connectivity index (χ1v) is 17.5. The first-order valence-electron chi connectivity index (χ1n) is 14.6. The fourth-order valence-electron chi connectivity index (χ4n) is 4.00. The molecule has 1 aromatic rings. The van der Waals surface area contributed by atoms with E-state index in [1.807, 2.05) is 33.8 Å². The zero-order valence-corrected chi connectivity index (χ0v) is 28.7. The minimum absolute atomic E-state index is 0.153. The Bertz CT molecular complexity index is 982. The van der Waals surface area contributed by atoms with Crippen LogP contribution in [0.5, 0.6) is 5.75 Å². The zero-order chi connectivity index (χ0) is 31.5. The van der Waals surface area contributed by atoms with E-state index < -0.39 is 26.1 Å². The Morgan fingerprint density at radius 2 is 1.32 bits per heavy atom. The lowest BCUT2D eigenvalue weighted by Gasteiger charge is -2.37. The molecule has 1 aromatic carbocycles. The molecule has 0 atom stereocenters. The molecule has 0 spiro atoms. The number of alkyl carbamates (subject to hydrolysis) is 1. The van der Waals surface area contributed by atoms with Gasteiger partial charge in [-0.1, -0.05) is 40.7 Å². The minimum Gasteiger partial charge on any atom is -0.444 e. The van der Waals surface area contributed by atoms with Crippen LogP contribution in [0.25, 0.3) is 0 Å². The molecule has 9 nitrogen and oxygen atoms in total. The van der Waals surface area contributed by atoms with Crippen molar-refractivity contribution in [1.82, 2.24) is 10.6 Å². The Hall–Kier alpha value is -2.14. The highest BCUT2D eigenvalue weighted by Crippen LogP contribution is 2.40. The predicted molar refractivity (Wildman–Crippen MR) is 167 cm³/mol. The molecule has 0 saturated carbocycles. The molecule has 2 N–H and O–H groups in total. The number of carbonyl (C=O) groups excluding carboxylic acids is 2. The zero-order valence-electron chi connectivity index (χ0n) is 27.7. The number of amides is 2. The van der Waals surface area contributed by atoms with Crippen molar-refractivity contribution in [3.63, 3.8) is 0 Å². The van der Waals surface area contributed by atoms with E-state index in [2.05, 4.69) is 71.3 Å². The quantitative estimate of drug-likeness (QED) is 0.173. The highest BCUT2D eigenvalue weighted by molar-refractivity contribution is 6.74. The Balaban J connectivity index is 2.48. The molecule has 10 heteroatoms. The van der Waals surface area contributed by atoms with E-state index in [9.17, 15) is 9.59 Å². The normalized spacial score (nSPS) is 12.7. The molecule has 236 valence electrons. The number of carbonyl (C=O) groups is 2. The van der Waals surface area contributed by atoms with Crippen LogP contribution >= 0.6 is 0 Å². The maximum Gasteiger partial charge on any atom is 0.412 e. The van der Waals surface area contributed by atoms with Gasteiger partial charge < -0.3 is 34.0 Å². The number of hydrogen-bond acceptors (Lipinski definition) is 7. The Kier molecular flexibility index (Phi) is 14.3. The van der Waals surface area contributed by atoms with E-state index in [0.29, 0.717) is 51.9 Å². The van der Waals surface area contributed by atoms with Crippen LogP contribution in [-0.4, -0.2) is 72.2 Å². The lowest BCUT2D eigenvalue weighted by Crippen LogP contribution is -2.41. The minimum atomic E-state index is -1.85. The summed E-state index contributed by atoms with van der Waals surface area (Å²) in [6, 6.07) is 4.05. The van der Waals surface area contributed by atoms with Crippen molar-refractivity contribution in [1.29, 1.82) is 0 Å². The lowest BCUT2D eigenvalue weighted by molar-refractivity contribution is 0.0403. The summed E-state index contributed by atoms with van der Waals surface area (Å²) >= 11 is 0. The van der Waals surface area contributed by atoms with Crippen LogP contribution in [-0.2, 0) is 24.1 Å². The summed E-state index contributed by atoms with van der Waals surface area (Å²) in [5.41, 5.74) is 2.37. The molecule has 0 saturated heterocycles. The predicted octanol–water partition coefficient (Wildman–Crippen LogP) is 6.64. The summed E-state index contributed by atoms with van der Waals surface area (Å²) in [6.07, 6.45) is -0.172. The summed E-state index contributed by atoms with van der Waals surface area (Å²) in [5, 5.41) is 5.55. The fourth-order valence-corrected chi connectivity index (χ4v) is 5.05. The Morgan fingerprint density at radius 3 is 1.83 bits per heavy atom. The maximum absolute atomic E-state index is 12.6. The van der Waals surface area contributed by atoms with E-state index in [1.54, 1.807) is 0 Å². The molecule has 0 fully saturated rings. The summed E-state index contributed by atoms with van der Waals surface area (Å²) < 4.78 is 28.4. The van der Waals surface area contributed by atoms with E-state index in [1.165, 1.54) is 0 Å². The molecular formula is C31H56N2O7Si. The number of nitrogens with one attached hydrogen (secondary N) is 2. The molecular weight excluding hydrogens is 540 g/mol. The van der Waals surface area contributed by atoms with Gasteiger partial charge in [0, 0.05) is 25.3 Å². The van der Waals surface area contributed by atoms with Gasteiger partial charge in [0.1, 0.15) is 11.4 Å². The molecule has 41 heavy (non-hydrogen) atoms. The van der Waals surface area contributed by atoms with Gasteiger partial charge in [-0.2, -0.15) is 0 Å². The average Bonchev–Trinajstić information content (AvgIpc) is 2.77. The van der Waals surface area contributed by atoms with Crippen LogP contribution in [0, 0.1) is 13.8 Å². The van der Waals surface area contributed by atoms with Crippen molar-refractivity contribution in [3.05, 3.63) is 28.8 Å². The van der Waals surface area contributed by atoms with Crippen LogP contribution in [0.15, 0.2) is 12.1 Å². The fraction of sp³-hybridized carbons (Fsp3) is 0.742. The maximum atomic E-state index is 12.6. The van der Waals surface area contributed by atoms with E-state index in [0.717, 1.165) is 23.1 Å². The number of benzene rings is 1. The first kappa shape index (κ1) is 36.9. The van der Waals surface area contributed by atoms with E-state index in [4.69, 9.17) is 23.4 Å². The van der Waals surface area contributed by atoms with Crippen molar-refractivity contribution >= 4 is 20.5 Å². The molecule has 1 rings (SSSR count). The Morgan fingerprint density at radius 1 is 0.780 bits per heavy atom. The number of ether oxygens (including phenoxy) is 4. The molecule has 0 aliphatic carbocycles. The average molecular weight is 597 g/mol. The summed E-state index contributed by atoms with van der Waals surface area (Å²) in [4.78, 5) is 24.2. The molecule has 2 amide bonds. The smallest absolute Gasteiger partial charge is 0.412 e. The third-order valence-electron chi connectivity index (χ3n) is 7.12. The Labute approximate surface area is 249 Å². The van der Waals surface area contributed by atoms with Gasteiger partial charge in [-0.15, -0.1) is 0 Å². The van der Waals surface area contributed by atoms with Gasteiger partial charge in [0.25, 0.3) is 0 Å². The second kappa shape index (κ2) is 15.9. The lowest BCUT2D eigenvalue weighted by atomic mass is 9.78. The van der Waals surface area contributed by atoms with Gasteiger partial charge >= 0.3 is 12.2 Å². The van der Waals surface area contributed by atoms with Gasteiger partial charge in [-0.25, -0.2) is 9.59 Å². The standard InChI is InChI=1S/C31H56N2O7Si/c1-23-21-24(2)26(31(9,10)13-16-38-41(11,12)30(6,7)8)25(22-23)39-27(34)32-14-17-36-19-20-37-18-15-33-28(35)40-29(3,4)5/h21-22H,13-20H2,1-12H3,(H,32,34)(H,33,35). The van der Waals surface area contributed by atoms with Gasteiger partial charge in [0.05, 0.1) is 26.4 Å². The molecule has 0 bridgehead atoms. The molecule has 0 aromatic heterocycles. The summed E-state index contributed by atoms with van der Waals surface area (Å²) in [6.45, 7) is 27.8. The second-order valence-electron chi connectivity index (χ2n) is 13.7. The van der Waals surface area contributed by atoms with Crippen LogP contribution in [0.3, 0.4) is 0 Å². The van der Waals surface area contributed by atoms with E-state index >= 15 is 0 Å². The van der Waals surface area contributed by atoms with Gasteiger partial charge in [-0.3, -0.25) is 0 Å². The molecule has 0 radical (unpaired) electrons. The number of hydrogen-bond donors (Lipinski definition) is 2. The van der Waals surface area contributed by atoms with Crippen molar-refractivity contribution < 1.29 is 33.0 Å². The van der Waals surface area contributed by atoms with Crippen molar-refractivity contribution in [2.24, 2.45) is 0 Å². The summed E-state index contributed by atoms with van der Waals surface area (Å²) in [5.74, 6) is 0.576. The molecule has 0 heterocycles. The SMILES string of the molecule is Cc1cc(C)c(C(C)(C)CCO[Si](C)(C)C(C)(C)C)c(OC(=O)NCCOCCOCCNC(=O)OC(C)(C)C)c1. The number of aryl methyl sites for hydroxylation is 2. The third kappa shape index (κ3) is 14.1. The van der Waals surface area contributed by atoms with Gasteiger partial charge in [-0.05, 0) is 81.8 Å². The number of rotatable bonds is 15. The van der Waals surface area contributed by atoms with Crippen LogP contribution < -0.4 is 15.4 Å². The highest BCUT2D eigenvalue weighted by atomic mass is 28.4. The second-order valence-corrected chi connectivity index (χ2v) is 18.5.